The highest BCUT2D eigenvalue weighted by Gasteiger charge is 2.21. The molecule has 1 amide bonds. The minimum atomic E-state index is -0.883. The first-order chi connectivity index (χ1) is 8.86. The van der Waals surface area contributed by atoms with E-state index in [-0.39, 0.29) is 12.5 Å². The molecule has 0 fully saturated rings. The maximum absolute atomic E-state index is 12.4. The van der Waals surface area contributed by atoms with Crippen LogP contribution in [-0.2, 0) is 4.79 Å². The van der Waals surface area contributed by atoms with Crippen molar-refractivity contribution in [2.24, 2.45) is 5.92 Å². The standard InChI is InChI=1S/C15H21NO3/c1-5-16(9-12(4)15(18)19)14(17)13-7-6-10(2)8-11(13)3/h6-8,12H,5,9H2,1-4H3,(H,18,19). The topological polar surface area (TPSA) is 57.6 Å². The highest BCUT2D eigenvalue weighted by Crippen LogP contribution is 2.14. The SMILES string of the molecule is CCN(CC(C)C(=O)O)C(=O)c1ccc(C)cc1C. The van der Waals surface area contributed by atoms with Gasteiger partial charge in [0.25, 0.3) is 5.91 Å². The van der Waals surface area contributed by atoms with Gasteiger partial charge in [-0.05, 0) is 32.4 Å². The molecule has 0 bridgehead atoms. The summed E-state index contributed by atoms with van der Waals surface area (Å²) in [6.07, 6.45) is 0. The van der Waals surface area contributed by atoms with Crippen molar-refractivity contribution in [3.05, 3.63) is 34.9 Å². The number of nitrogens with zero attached hydrogens (tertiary/aromatic N) is 1. The molecule has 1 N–H and O–H groups in total. The second-order valence-electron chi connectivity index (χ2n) is 4.90. The molecule has 0 heterocycles. The van der Waals surface area contributed by atoms with Crippen LogP contribution in [0.15, 0.2) is 18.2 Å². The average Bonchev–Trinajstić information content (AvgIpc) is 2.34. The first-order valence-corrected chi connectivity index (χ1v) is 6.46. The molecule has 4 nitrogen and oxygen atoms in total. The molecule has 1 aromatic carbocycles. The zero-order valence-electron chi connectivity index (χ0n) is 11.9. The van der Waals surface area contributed by atoms with Crippen molar-refractivity contribution in [1.29, 1.82) is 0 Å². The van der Waals surface area contributed by atoms with Crippen LogP contribution in [0.1, 0.15) is 35.3 Å². The number of carboxylic acids is 1. The third-order valence-electron chi connectivity index (χ3n) is 3.20. The Kier molecular flexibility index (Phi) is 5.10. The maximum atomic E-state index is 12.4. The molecule has 0 radical (unpaired) electrons. The summed E-state index contributed by atoms with van der Waals surface area (Å²) in [4.78, 5) is 24.9. The van der Waals surface area contributed by atoms with E-state index in [2.05, 4.69) is 0 Å². The Bertz CT molecular complexity index is 482. The van der Waals surface area contributed by atoms with E-state index in [0.717, 1.165) is 11.1 Å². The number of benzene rings is 1. The molecule has 0 aliphatic rings. The summed E-state index contributed by atoms with van der Waals surface area (Å²) in [5, 5.41) is 8.93. The summed E-state index contributed by atoms with van der Waals surface area (Å²) >= 11 is 0. The second kappa shape index (κ2) is 6.36. The van der Waals surface area contributed by atoms with Crippen LogP contribution in [0.25, 0.3) is 0 Å². The molecule has 0 aromatic heterocycles. The van der Waals surface area contributed by atoms with Gasteiger partial charge in [-0.1, -0.05) is 24.6 Å². The highest BCUT2D eigenvalue weighted by atomic mass is 16.4. The van der Waals surface area contributed by atoms with Gasteiger partial charge in [-0.25, -0.2) is 0 Å². The second-order valence-corrected chi connectivity index (χ2v) is 4.90. The summed E-state index contributed by atoms with van der Waals surface area (Å²) < 4.78 is 0. The van der Waals surface area contributed by atoms with Gasteiger partial charge in [-0.2, -0.15) is 0 Å². The molecule has 4 heteroatoms. The van der Waals surface area contributed by atoms with Crippen molar-refractivity contribution in [2.75, 3.05) is 13.1 Å². The van der Waals surface area contributed by atoms with Gasteiger partial charge >= 0.3 is 5.97 Å². The minimum Gasteiger partial charge on any atom is -0.481 e. The van der Waals surface area contributed by atoms with Crippen LogP contribution < -0.4 is 0 Å². The highest BCUT2D eigenvalue weighted by molar-refractivity contribution is 5.95. The predicted octanol–water partition coefficient (Wildman–Crippen LogP) is 2.49. The molecule has 0 aliphatic heterocycles. The molecule has 1 rings (SSSR count). The third kappa shape index (κ3) is 3.81. The lowest BCUT2D eigenvalue weighted by Crippen LogP contribution is -2.37. The molecule has 19 heavy (non-hydrogen) atoms. The lowest BCUT2D eigenvalue weighted by molar-refractivity contribution is -0.141. The molecule has 104 valence electrons. The lowest BCUT2D eigenvalue weighted by Gasteiger charge is -2.23. The average molecular weight is 263 g/mol. The monoisotopic (exact) mass is 263 g/mol. The summed E-state index contributed by atoms with van der Waals surface area (Å²) in [5.74, 6) is -1.55. The normalized spacial score (nSPS) is 12.0. The van der Waals surface area contributed by atoms with Crippen LogP contribution in [-0.4, -0.2) is 35.0 Å². The fraction of sp³-hybridized carbons (Fsp3) is 0.467. The van der Waals surface area contributed by atoms with Crippen molar-refractivity contribution in [3.63, 3.8) is 0 Å². The number of hydrogen-bond donors (Lipinski definition) is 1. The van der Waals surface area contributed by atoms with E-state index < -0.39 is 11.9 Å². The minimum absolute atomic E-state index is 0.104. The largest absolute Gasteiger partial charge is 0.481 e. The fourth-order valence-corrected chi connectivity index (χ4v) is 1.99. The van der Waals surface area contributed by atoms with E-state index in [1.165, 1.54) is 0 Å². The zero-order chi connectivity index (χ0) is 14.6. The fourth-order valence-electron chi connectivity index (χ4n) is 1.99. The number of carboxylic acid groups (broad SMARTS) is 1. The van der Waals surface area contributed by atoms with Gasteiger partial charge in [0.05, 0.1) is 5.92 Å². The predicted molar refractivity (Wildman–Crippen MR) is 74.3 cm³/mol. The number of aliphatic carboxylic acids is 1. The number of rotatable bonds is 5. The Labute approximate surface area is 114 Å². The van der Waals surface area contributed by atoms with Gasteiger partial charge in [0.15, 0.2) is 0 Å². The van der Waals surface area contributed by atoms with E-state index in [1.54, 1.807) is 17.9 Å². The van der Waals surface area contributed by atoms with E-state index in [0.29, 0.717) is 12.1 Å². The summed E-state index contributed by atoms with van der Waals surface area (Å²) in [5.41, 5.74) is 2.67. The van der Waals surface area contributed by atoms with Gasteiger partial charge in [0.1, 0.15) is 0 Å². The van der Waals surface area contributed by atoms with Gasteiger partial charge in [-0.15, -0.1) is 0 Å². The van der Waals surface area contributed by atoms with Crippen LogP contribution in [0.4, 0.5) is 0 Å². The van der Waals surface area contributed by atoms with Gasteiger partial charge < -0.3 is 10.0 Å². The molecular formula is C15H21NO3. The van der Waals surface area contributed by atoms with E-state index >= 15 is 0 Å². The van der Waals surface area contributed by atoms with Gasteiger partial charge in [0.2, 0.25) is 0 Å². The van der Waals surface area contributed by atoms with Crippen molar-refractivity contribution >= 4 is 11.9 Å². The first kappa shape index (κ1) is 15.2. The van der Waals surface area contributed by atoms with Gasteiger partial charge in [-0.3, -0.25) is 9.59 Å². The van der Waals surface area contributed by atoms with Crippen LogP contribution in [0.3, 0.4) is 0 Å². The van der Waals surface area contributed by atoms with E-state index in [9.17, 15) is 9.59 Å². The summed E-state index contributed by atoms with van der Waals surface area (Å²) in [6.45, 7) is 8.08. The van der Waals surface area contributed by atoms with Gasteiger partial charge in [0, 0.05) is 18.7 Å². The first-order valence-electron chi connectivity index (χ1n) is 6.46. The lowest BCUT2D eigenvalue weighted by atomic mass is 10.0. The molecule has 0 spiro atoms. The van der Waals surface area contributed by atoms with Crippen molar-refractivity contribution in [2.45, 2.75) is 27.7 Å². The summed E-state index contributed by atoms with van der Waals surface area (Å²) in [7, 11) is 0. The molecule has 0 saturated heterocycles. The van der Waals surface area contributed by atoms with Crippen LogP contribution in [0.5, 0.6) is 0 Å². The van der Waals surface area contributed by atoms with E-state index in [4.69, 9.17) is 5.11 Å². The number of aryl methyl sites for hydroxylation is 2. The van der Waals surface area contributed by atoms with Crippen molar-refractivity contribution < 1.29 is 14.7 Å². The van der Waals surface area contributed by atoms with E-state index in [1.807, 2.05) is 32.9 Å². The Morgan fingerprint density at radius 1 is 1.32 bits per heavy atom. The van der Waals surface area contributed by atoms with Crippen LogP contribution in [0.2, 0.25) is 0 Å². The van der Waals surface area contributed by atoms with Crippen LogP contribution in [0, 0.1) is 19.8 Å². The third-order valence-corrected chi connectivity index (χ3v) is 3.20. The number of carbonyl (C=O) groups is 2. The summed E-state index contributed by atoms with van der Waals surface area (Å²) in [6, 6.07) is 5.66. The quantitative estimate of drug-likeness (QED) is 0.888. The smallest absolute Gasteiger partial charge is 0.308 e. The molecule has 1 aromatic rings. The molecular weight excluding hydrogens is 242 g/mol. The molecule has 1 atom stereocenters. The van der Waals surface area contributed by atoms with Crippen molar-refractivity contribution in [1.82, 2.24) is 4.90 Å². The maximum Gasteiger partial charge on any atom is 0.308 e. The Balaban J connectivity index is 2.92. The Morgan fingerprint density at radius 3 is 2.42 bits per heavy atom. The number of amides is 1. The number of hydrogen-bond acceptors (Lipinski definition) is 2. The molecule has 1 unspecified atom stereocenters. The van der Waals surface area contributed by atoms with Crippen LogP contribution >= 0.6 is 0 Å². The Morgan fingerprint density at radius 2 is 1.95 bits per heavy atom. The Hall–Kier alpha value is -1.84. The molecule has 0 saturated carbocycles. The number of carbonyl (C=O) groups excluding carboxylic acids is 1. The van der Waals surface area contributed by atoms with Crippen molar-refractivity contribution in [3.8, 4) is 0 Å². The zero-order valence-corrected chi connectivity index (χ0v) is 11.9. The molecule has 0 aliphatic carbocycles.